The summed E-state index contributed by atoms with van der Waals surface area (Å²) in [5.41, 5.74) is 7.90. The molecule has 21 heavy (non-hydrogen) atoms. The van der Waals surface area contributed by atoms with E-state index >= 15 is 0 Å². The zero-order valence-electron chi connectivity index (χ0n) is 12.1. The lowest BCUT2D eigenvalue weighted by Gasteiger charge is -2.14. The standard InChI is InChI=1S/C16H18N4O/c1-12-6-7-14(5-3-8-17)15(11-12)19-16(21)13(2)20-10-4-9-18-20/h4,6-7,9-11,13H,8,17H2,1-2H3,(H,19,21). The van der Waals surface area contributed by atoms with Crippen molar-refractivity contribution in [3.63, 3.8) is 0 Å². The van der Waals surface area contributed by atoms with Crippen LogP contribution in [-0.2, 0) is 4.79 Å². The van der Waals surface area contributed by atoms with Crippen molar-refractivity contribution in [1.82, 2.24) is 9.78 Å². The second-order valence-corrected chi connectivity index (χ2v) is 4.71. The number of rotatable bonds is 3. The number of carbonyl (C=O) groups excluding carboxylic acids is 1. The molecule has 2 aromatic rings. The maximum absolute atomic E-state index is 12.3. The van der Waals surface area contributed by atoms with Crippen LogP contribution in [0.25, 0.3) is 0 Å². The van der Waals surface area contributed by atoms with Crippen molar-refractivity contribution >= 4 is 11.6 Å². The summed E-state index contributed by atoms with van der Waals surface area (Å²) in [5.74, 6) is 5.63. The van der Waals surface area contributed by atoms with Gasteiger partial charge in [0.25, 0.3) is 0 Å². The fraction of sp³-hybridized carbons (Fsp3) is 0.250. The zero-order valence-corrected chi connectivity index (χ0v) is 12.1. The van der Waals surface area contributed by atoms with E-state index in [4.69, 9.17) is 5.73 Å². The normalized spacial score (nSPS) is 11.4. The third-order valence-corrected chi connectivity index (χ3v) is 3.06. The Bertz CT molecular complexity index is 680. The number of aromatic nitrogens is 2. The largest absolute Gasteiger partial charge is 0.323 e. The van der Waals surface area contributed by atoms with Gasteiger partial charge in [-0.3, -0.25) is 9.48 Å². The molecule has 1 aromatic heterocycles. The molecule has 1 aromatic carbocycles. The fourth-order valence-corrected chi connectivity index (χ4v) is 1.88. The second-order valence-electron chi connectivity index (χ2n) is 4.71. The van der Waals surface area contributed by atoms with Crippen molar-refractivity contribution in [2.75, 3.05) is 11.9 Å². The predicted octanol–water partition coefficient (Wildman–Crippen LogP) is 1.70. The summed E-state index contributed by atoms with van der Waals surface area (Å²) >= 11 is 0. The number of anilines is 1. The Balaban J connectivity index is 2.22. The van der Waals surface area contributed by atoms with E-state index in [0.717, 1.165) is 11.1 Å². The van der Waals surface area contributed by atoms with Crippen molar-refractivity contribution < 1.29 is 4.79 Å². The van der Waals surface area contributed by atoms with Crippen molar-refractivity contribution in [2.24, 2.45) is 5.73 Å². The van der Waals surface area contributed by atoms with Gasteiger partial charge < -0.3 is 11.1 Å². The molecule has 3 N–H and O–H groups in total. The Labute approximate surface area is 124 Å². The van der Waals surface area contributed by atoms with E-state index < -0.39 is 6.04 Å². The lowest BCUT2D eigenvalue weighted by atomic mass is 10.1. The highest BCUT2D eigenvalue weighted by Gasteiger charge is 2.16. The Morgan fingerprint density at radius 3 is 3.00 bits per heavy atom. The number of carbonyl (C=O) groups is 1. The Morgan fingerprint density at radius 1 is 1.52 bits per heavy atom. The van der Waals surface area contributed by atoms with Gasteiger partial charge in [0.1, 0.15) is 6.04 Å². The molecule has 1 unspecified atom stereocenters. The first-order chi connectivity index (χ1) is 10.1. The summed E-state index contributed by atoms with van der Waals surface area (Å²) in [6.45, 7) is 4.04. The molecule has 1 atom stereocenters. The van der Waals surface area contributed by atoms with Gasteiger partial charge in [-0.2, -0.15) is 5.10 Å². The average Bonchev–Trinajstić information content (AvgIpc) is 2.99. The van der Waals surface area contributed by atoms with Crippen LogP contribution in [0.4, 0.5) is 5.69 Å². The van der Waals surface area contributed by atoms with Gasteiger partial charge in [0.2, 0.25) is 5.91 Å². The molecule has 0 saturated carbocycles. The molecule has 0 saturated heterocycles. The summed E-state index contributed by atoms with van der Waals surface area (Å²) in [4.78, 5) is 12.3. The van der Waals surface area contributed by atoms with E-state index in [1.165, 1.54) is 0 Å². The number of nitrogens with two attached hydrogens (primary N) is 1. The molecule has 0 aliphatic rings. The van der Waals surface area contributed by atoms with Gasteiger partial charge in [-0.05, 0) is 37.6 Å². The highest BCUT2D eigenvalue weighted by Crippen LogP contribution is 2.18. The molecule has 2 rings (SSSR count). The van der Waals surface area contributed by atoms with Crippen LogP contribution in [0, 0.1) is 18.8 Å². The minimum atomic E-state index is -0.393. The van der Waals surface area contributed by atoms with E-state index in [-0.39, 0.29) is 12.5 Å². The lowest BCUT2D eigenvalue weighted by Crippen LogP contribution is -2.24. The molecular weight excluding hydrogens is 264 g/mol. The third kappa shape index (κ3) is 3.71. The number of hydrogen-bond acceptors (Lipinski definition) is 3. The molecule has 5 heteroatoms. The monoisotopic (exact) mass is 282 g/mol. The number of nitrogens with one attached hydrogen (secondary N) is 1. The Kier molecular flexibility index (Phi) is 4.75. The van der Waals surface area contributed by atoms with Crippen LogP contribution in [-0.4, -0.2) is 22.2 Å². The van der Waals surface area contributed by atoms with Crippen LogP contribution in [0.15, 0.2) is 36.7 Å². The maximum atomic E-state index is 12.3. The van der Waals surface area contributed by atoms with Crippen molar-refractivity contribution in [1.29, 1.82) is 0 Å². The topological polar surface area (TPSA) is 72.9 Å². The van der Waals surface area contributed by atoms with Gasteiger partial charge >= 0.3 is 0 Å². The van der Waals surface area contributed by atoms with Crippen molar-refractivity contribution in [2.45, 2.75) is 19.9 Å². The highest BCUT2D eigenvalue weighted by molar-refractivity contribution is 5.94. The fourth-order valence-electron chi connectivity index (χ4n) is 1.88. The zero-order chi connectivity index (χ0) is 15.2. The van der Waals surface area contributed by atoms with Crippen LogP contribution < -0.4 is 11.1 Å². The van der Waals surface area contributed by atoms with Gasteiger partial charge in [-0.25, -0.2) is 0 Å². The third-order valence-electron chi connectivity index (χ3n) is 3.06. The molecule has 0 bridgehead atoms. The van der Waals surface area contributed by atoms with E-state index in [0.29, 0.717) is 5.69 Å². The molecule has 0 radical (unpaired) electrons. The number of nitrogens with zero attached hydrogens (tertiary/aromatic N) is 2. The molecule has 0 aliphatic heterocycles. The lowest BCUT2D eigenvalue weighted by molar-refractivity contribution is -0.119. The molecule has 0 spiro atoms. The summed E-state index contributed by atoms with van der Waals surface area (Å²) in [5, 5.41) is 6.98. The molecule has 0 fully saturated rings. The minimum Gasteiger partial charge on any atom is -0.323 e. The molecular formula is C16H18N4O. The number of hydrogen-bond donors (Lipinski definition) is 2. The molecule has 108 valence electrons. The van der Waals surface area contributed by atoms with Crippen LogP contribution in [0.1, 0.15) is 24.1 Å². The quantitative estimate of drug-likeness (QED) is 0.842. The summed E-state index contributed by atoms with van der Waals surface area (Å²) < 4.78 is 1.61. The first-order valence-electron chi connectivity index (χ1n) is 6.71. The van der Waals surface area contributed by atoms with Crippen LogP contribution >= 0.6 is 0 Å². The Hall–Kier alpha value is -2.58. The highest BCUT2D eigenvalue weighted by atomic mass is 16.2. The van der Waals surface area contributed by atoms with Gasteiger partial charge in [-0.15, -0.1) is 0 Å². The smallest absolute Gasteiger partial charge is 0.248 e. The molecule has 5 nitrogen and oxygen atoms in total. The van der Waals surface area contributed by atoms with Crippen LogP contribution in [0.2, 0.25) is 0 Å². The minimum absolute atomic E-state index is 0.139. The predicted molar refractivity (Wildman–Crippen MR) is 82.7 cm³/mol. The van der Waals surface area contributed by atoms with Crippen molar-refractivity contribution in [3.8, 4) is 11.8 Å². The molecule has 0 aliphatic carbocycles. The number of aryl methyl sites for hydroxylation is 1. The van der Waals surface area contributed by atoms with Crippen molar-refractivity contribution in [3.05, 3.63) is 47.8 Å². The average molecular weight is 282 g/mol. The Morgan fingerprint density at radius 2 is 2.33 bits per heavy atom. The van der Waals surface area contributed by atoms with E-state index in [2.05, 4.69) is 22.3 Å². The first-order valence-corrected chi connectivity index (χ1v) is 6.71. The molecule has 1 heterocycles. The van der Waals surface area contributed by atoms with E-state index in [9.17, 15) is 4.79 Å². The second kappa shape index (κ2) is 6.73. The van der Waals surface area contributed by atoms with Gasteiger partial charge in [0.05, 0.1) is 12.2 Å². The van der Waals surface area contributed by atoms with E-state index in [1.807, 2.05) is 25.1 Å². The summed E-state index contributed by atoms with van der Waals surface area (Å²) in [7, 11) is 0. The van der Waals surface area contributed by atoms with Crippen LogP contribution in [0.5, 0.6) is 0 Å². The van der Waals surface area contributed by atoms with Gasteiger partial charge in [0, 0.05) is 18.0 Å². The van der Waals surface area contributed by atoms with Crippen LogP contribution in [0.3, 0.4) is 0 Å². The SMILES string of the molecule is Cc1ccc(C#CCN)c(NC(=O)C(C)n2cccn2)c1. The number of benzene rings is 1. The molecule has 1 amide bonds. The van der Waals surface area contributed by atoms with Gasteiger partial charge in [0.15, 0.2) is 0 Å². The summed E-state index contributed by atoms with van der Waals surface area (Å²) in [6, 6.07) is 7.12. The first kappa shape index (κ1) is 14.8. The summed E-state index contributed by atoms with van der Waals surface area (Å²) in [6.07, 6.45) is 3.41. The maximum Gasteiger partial charge on any atom is 0.248 e. The van der Waals surface area contributed by atoms with Gasteiger partial charge in [-0.1, -0.05) is 17.9 Å². The number of amides is 1. The van der Waals surface area contributed by atoms with E-state index in [1.54, 1.807) is 30.1 Å².